The standard InChI is InChI=1S/C15H20BrNO3/c1-3-20-15(18)10-17(12-4-5-12)9-11-8-13(19-2)6-7-14(11)16/h6-8,12H,3-5,9-10H2,1-2H3. The Morgan fingerprint density at radius 2 is 2.20 bits per heavy atom. The van der Waals surface area contributed by atoms with Crippen LogP contribution in [0, 0.1) is 0 Å². The van der Waals surface area contributed by atoms with Gasteiger partial charge in [0.05, 0.1) is 20.3 Å². The van der Waals surface area contributed by atoms with Gasteiger partial charge >= 0.3 is 5.97 Å². The summed E-state index contributed by atoms with van der Waals surface area (Å²) in [5.41, 5.74) is 1.13. The Hall–Kier alpha value is -1.07. The van der Waals surface area contributed by atoms with Gasteiger partial charge in [0.15, 0.2) is 0 Å². The Morgan fingerprint density at radius 3 is 2.80 bits per heavy atom. The number of methoxy groups -OCH3 is 1. The molecule has 110 valence electrons. The molecule has 1 fully saturated rings. The van der Waals surface area contributed by atoms with Crippen LogP contribution in [0.4, 0.5) is 0 Å². The molecule has 1 aliphatic carbocycles. The Kier molecular flexibility index (Phi) is 5.43. The summed E-state index contributed by atoms with van der Waals surface area (Å²) in [6.45, 7) is 3.33. The first-order chi connectivity index (χ1) is 9.63. The highest BCUT2D eigenvalue weighted by molar-refractivity contribution is 9.10. The quantitative estimate of drug-likeness (QED) is 0.714. The van der Waals surface area contributed by atoms with Crippen LogP contribution in [0.15, 0.2) is 22.7 Å². The number of halogens is 1. The molecule has 1 aromatic rings. The highest BCUT2D eigenvalue weighted by Gasteiger charge is 2.31. The van der Waals surface area contributed by atoms with E-state index < -0.39 is 0 Å². The highest BCUT2D eigenvalue weighted by atomic mass is 79.9. The molecule has 0 amide bonds. The number of carbonyl (C=O) groups is 1. The smallest absolute Gasteiger partial charge is 0.320 e. The van der Waals surface area contributed by atoms with Gasteiger partial charge in [-0.25, -0.2) is 0 Å². The topological polar surface area (TPSA) is 38.8 Å². The predicted molar refractivity (Wildman–Crippen MR) is 80.8 cm³/mol. The molecule has 0 aliphatic heterocycles. The van der Waals surface area contributed by atoms with Crippen molar-refractivity contribution in [1.29, 1.82) is 0 Å². The number of hydrogen-bond acceptors (Lipinski definition) is 4. The highest BCUT2D eigenvalue weighted by Crippen LogP contribution is 2.31. The van der Waals surface area contributed by atoms with E-state index in [2.05, 4.69) is 20.8 Å². The van der Waals surface area contributed by atoms with Gasteiger partial charge < -0.3 is 9.47 Å². The molecular weight excluding hydrogens is 322 g/mol. The van der Waals surface area contributed by atoms with E-state index in [9.17, 15) is 4.79 Å². The van der Waals surface area contributed by atoms with Gasteiger partial charge in [0.1, 0.15) is 5.75 Å². The third-order valence-electron chi connectivity index (χ3n) is 3.33. The summed E-state index contributed by atoms with van der Waals surface area (Å²) < 4.78 is 11.3. The van der Waals surface area contributed by atoms with Crippen molar-refractivity contribution in [2.45, 2.75) is 32.4 Å². The van der Waals surface area contributed by atoms with Crippen molar-refractivity contribution in [3.05, 3.63) is 28.2 Å². The molecule has 1 aromatic carbocycles. The maximum absolute atomic E-state index is 11.7. The molecule has 1 saturated carbocycles. The number of hydrogen-bond donors (Lipinski definition) is 0. The minimum Gasteiger partial charge on any atom is -0.497 e. The van der Waals surface area contributed by atoms with Crippen molar-refractivity contribution >= 4 is 21.9 Å². The Labute approximate surface area is 128 Å². The molecule has 2 rings (SSSR count). The Balaban J connectivity index is 2.06. The summed E-state index contributed by atoms with van der Waals surface area (Å²) in [4.78, 5) is 13.9. The second-order valence-corrected chi connectivity index (χ2v) is 5.75. The van der Waals surface area contributed by atoms with Gasteiger partial charge in [0.25, 0.3) is 0 Å². The first kappa shape index (κ1) is 15.3. The second-order valence-electron chi connectivity index (χ2n) is 4.90. The average Bonchev–Trinajstić information content (AvgIpc) is 3.25. The van der Waals surface area contributed by atoms with Crippen molar-refractivity contribution in [2.24, 2.45) is 0 Å². The Bertz CT molecular complexity index is 474. The second kappa shape index (κ2) is 7.09. The number of ether oxygens (including phenoxy) is 2. The van der Waals surface area contributed by atoms with Crippen LogP contribution in [0.25, 0.3) is 0 Å². The van der Waals surface area contributed by atoms with Crippen LogP contribution in [-0.2, 0) is 16.1 Å². The molecule has 0 spiro atoms. The lowest BCUT2D eigenvalue weighted by atomic mass is 10.2. The molecule has 0 N–H and O–H groups in total. The summed E-state index contributed by atoms with van der Waals surface area (Å²) in [5.74, 6) is 0.675. The number of rotatable bonds is 7. The first-order valence-corrected chi connectivity index (χ1v) is 7.65. The maximum Gasteiger partial charge on any atom is 0.320 e. The van der Waals surface area contributed by atoms with Crippen molar-refractivity contribution in [1.82, 2.24) is 4.90 Å². The molecule has 20 heavy (non-hydrogen) atoms. The van der Waals surface area contributed by atoms with Gasteiger partial charge in [-0.2, -0.15) is 0 Å². The molecule has 0 saturated heterocycles. The van der Waals surface area contributed by atoms with E-state index in [0.717, 1.165) is 35.2 Å². The molecule has 0 unspecified atom stereocenters. The first-order valence-electron chi connectivity index (χ1n) is 6.86. The zero-order valence-corrected chi connectivity index (χ0v) is 13.5. The van der Waals surface area contributed by atoms with E-state index in [1.807, 2.05) is 25.1 Å². The molecule has 1 aliphatic rings. The number of esters is 1. The number of carbonyl (C=O) groups excluding carboxylic acids is 1. The van der Waals surface area contributed by atoms with E-state index in [1.54, 1.807) is 7.11 Å². The van der Waals surface area contributed by atoms with Crippen LogP contribution in [-0.4, -0.2) is 37.2 Å². The molecule has 0 radical (unpaired) electrons. The van der Waals surface area contributed by atoms with E-state index in [4.69, 9.17) is 9.47 Å². The average molecular weight is 342 g/mol. The van der Waals surface area contributed by atoms with E-state index in [-0.39, 0.29) is 5.97 Å². The molecular formula is C15H20BrNO3. The fraction of sp³-hybridized carbons (Fsp3) is 0.533. The molecule has 0 bridgehead atoms. The van der Waals surface area contributed by atoms with Gasteiger partial charge in [0.2, 0.25) is 0 Å². The number of nitrogens with zero attached hydrogens (tertiary/aromatic N) is 1. The minimum absolute atomic E-state index is 0.154. The van der Waals surface area contributed by atoms with Gasteiger partial charge in [-0.05, 0) is 43.5 Å². The summed E-state index contributed by atoms with van der Waals surface area (Å²) >= 11 is 3.56. The lowest BCUT2D eigenvalue weighted by molar-refractivity contribution is -0.144. The SMILES string of the molecule is CCOC(=O)CN(Cc1cc(OC)ccc1Br)C1CC1. The third-order valence-corrected chi connectivity index (χ3v) is 4.10. The predicted octanol–water partition coefficient (Wildman–Crippen LogP) is 2.99. The molecule has 0 atom stereocenters. The molecule has 0 heterocycles. The maximum atomic E-state index is 11.7. The summed E-state index contributed by atoms with van der Waals surface area (Å²) in [6.07, 6.45) is 2.31. The van der Waals surface area contributed by atoms with Crippen LogP contribution < -0.4 is 4.74 Å². The lowest BCUT2D eigenvalue weighted by Crippen LogP contribution is -2.32. The van der Waals surface area contributed by atoms with E-state index in [1.165, 1.54) is 0 Å². The van der Waals surface area contributed by atoms with Crippen molar-refractivity contribution in [2.75, 3.05) is 20.3 Å². The summed E-state index contributed by atoms with van der Waals surface area (Å²) in [5, 5.41) is 0. The van der Waals surface area contributed by atoms with Crippen molar-refractivity contribution in [3.63, 3.8) is 0 Å². The van der Waals surface area contributed by atoms with E-state index >= 15 is 0 Å². The zero-order chi connectivity index (χ0) is 14.5. The van der Waals surface area contributed by atoms with Gasteiger partial charge in [0, 0.05) is 17.1 Å². The minimum atomic E-state index is -0.154. The molecule has 5 heteroatoms. The fourth-order valence-electron chi connectivity index (χ4n) is 2.14. The zero-order valence-electron chi connectivity index (χ0n) is 11.9. The third kappa shape index (κ3) is 4.21. The van der Waals surface area contributed by atoms with Crippen molar-refractivity contribution in [3.8, 4) is 5.75 Å². The summed E-state index contributed by atoms with van der Waals surface area (Å²) in [7, 11) is 1.66. The summed E-state index contributed by atoms with van der Waals surface area (Å²) in [6, 6.07) is 6.40. The van der Waals surface area contributed by atoms with Gasteiger partial charge in [-0.15, -0.1) is 0 Å². The van der Waals surface area contributed by atoms with Crippen molar-refractivity contribution < 1.29 is 14.3 Å². The van der Waals surface area contributed by atoms with E-state index in [0.29, 0.717) is 19.2 Å². The van der Waals surface area contributed by atoms with Crippen LogP contribution >= 0.6 is 15.9 Å². The van der Waals surface area contributed by atoms with Crippen LogP contribution in [0.5, 0.6) is 5.75 Å². The fourth-order valence-corrected chi connectivity index (χ4v) is 2.52. The van der Waals surface area contributed by atoms with Crippen LogP contribution in [0.2, 0.25) is 0 Å². The Morgan fingerprint density at radius 1 is 1.45 bits per heavy atom. The lowest BCUT2D eigenvalue weighted by Gasteiger charge is -2.21. The largest absolute Gasteiger partial charge is 0.497 e. The molecule has 4 nitrogen and oxygen atoms in total. The molecule has 0 aromatic heterocycles. The van der Waals surface area contributed by atoms with Gasteiger partial charge in [-0.1, -0.05) is 15.9 Å². The number of benzene rings is 1. The monoisotopic (exact) mass is 341 g/mol. The van der Waals surface area contributed by atoms with Crippen LogP contribution in [0.3, 0.4) is 0 Å². The normalized spacial score (nSPS) is 14.4. The van der Waals surface area contributed by atoms with Crippen LogP contribution in [0.1, 0.15) is 25.3 Å². The van der Waals surface area contributed by atoms with Gasteiger partial charge in [-0.3, -0.25) is 9.69 Å².